The number of aromatic nitrogens is 2. The number of nitrogen functional groups attached to an aromatic ring is 1. The summed E-state index contributed by atoms with van der Waals surface area (Å²) in [5, 5.41) is 1.09. The molecule has 0 atom stereocenters. The Balaban J connectivity index is 2.35. The second-order valence-electron chi connectivity index (χ2n) is 3.81. The average molecular weight is 221 g/mol. The summed E-state index contributed by atoms with van der Waals surface area (Å²) < 4.78 is 0. The van der Waals surface area contributed by atoms with Crippen molar-refractivity contribution in [3.05, 3.63) is 54.9 Å². The first-order valence-electron chi connectivity index (χ1n) is 5.41. The molecule has 0 unspecified atom stereocenters. The van der Waals surface area contributed by atoms with E-state index in [4.69, 9.17) is 5.73 Å². The van der Waals surface area contributed by atoms with Crippen LogP contribution in [0.15, 0.2) is 54.9 Å². The Morgan fingerprint density at radius 2 is 1.53 bits per heavy atom. The summed E-state index contributed by atoms with van der Waals surface area (Å²) >= 11 is 0. The van der Waals surface area contributed by atoms with Crippen LogP contribution in [-0.2, 0) is 0 Å². The smallest absolute Gasteiger partial charge is 0.131 e. The molecule has 0 saturated carbocycles. The van der Waals surface area contributed by atoms with Crippen molar-refractivity contribution in [1.29, 1.82) is 0 Å². The molecule has 2 N–H and O–H groups in total. The molecular formula is C14H11N3. The van der Waals surface area contributed by atoms with Crippen LogP contribution in [0.1, 0.15) is 0 Å². The summed E-state index contributed by atoms with van der Waals surface area (Å²) in [5.41, 5.74) is 8.90. The van der Waals surface area contributed by atoms with Crippen molar-refractivity contribution in [2.75, 3.05) is 5.73 Å². The van der Waals surface area contributed by atoms with Gasteiger partial charge in [-0.05, 0) is 29.8 Å². The van der Waals surface area contributed by atoms with Gasteiger partial charge in [-0.2, -0.15) is 0 Å². The normalized spacial score (nSPS) is 10.6. The van der Waals surface area contributed by atoms with Crippen LogP contribution in [0.5, 0.6) is 0 Å². The molecule has 0 aliphatic rings. The second-order valence-corrected chi connectivity index (χ2v) is 3.81. The lowest BCUT2D eigenvalue weighted by molar-refractivity contribution is 1.34. The summed E-state index contributed by atoms with van der Waals surface area (Å²) in [5.74, 6) is 0.545. The molecular weight excluding hydrogens is 210 g/mol. The fourth-order valence-electron chi connectivity index (χ4n) is 1.98. The van der Waals surface area contributed by atoms with E-state index in [1.165, 1.54) is 0 Å². The molecule has 0 saturated heterocycles. The highest BCUT2D eigenvalue weighted by Gasteiger charge is 2.06. The lowest BCUT2D eigenvalue weighted by Gasteiger charge is -2.07. The van der Waals surface area contributed by atoms with Crippen LogP contribution in [0.2, 0.25) is 0 Å². The van der Waals surface area contributed by atoms with Crippen LogP contribution >= 0.6 is 0 Å². The van der Waals surface area contributed by atoms with E-state index in [1.807, 2.05) is 42.5 Å². The predicted molar refractivity (Wildman–Crippen MR) is 69.4 cm³/mol. The molecule has 0 amide bonds. The highest BCUT2D eigenvalue weighted by molar-refractivity contribution is 5.96. The molecule has 2 heterocycles. The standard InChI is InChI=1S/C14H11N3/c15-14-12(6-3-9-17-14)10-4-1-7-13-11(10)5-2-8-16-13/h1-9H,(H2,15,17). The Kier molecular flexibility index (Phi) is 2.22. The Labute approximate surface area is 98.9 Å². The molecule has 3 aromatic rings. The van der Waals surface area contributed by atoms with Gasteiger partial charge in [0, 0.05) is 23.3 Å². The van der Waals surface area contributed by atoms with E-state index in [-0.39, 0.29) is 0 Å². The number of hydrogen-bond donors (Lipinski definition) is 1. The largest absolute Gasteiger partial charge is 0.383 e. The van der Waals surface area contributed by atoms with E-state index in [0.717, 1.165) is 22.0 Å². The lowest BCUT2D eigenvalue weighted by atomic mass is 10.0. The number of pyridine rings is 2. The molecule has 2 aromatic heterocycles. The minimum Gasteiger partial charge on any atom is -0.383 e. The van der Waals surface area contributed by atoms with E-state index in [9.17, 15) is 0 Å². The van der Waals surface area contributed by atoms with Crippen LogP contribution in [0.3, 0.4) is 0 Å². The number of anilines is 1. The third kappa shape index (κ3) is 1.61. The Hall–Kier alpha value is -2.42. The Morgan fingerprint density at radius 3 is 2.41 bits per heavy atom. The van der Waals surface area contributed by atoms with Gasteiger partial charge in [0.15, 0.2) is 0 Å². The number of nitrogens with zero attached hydrogens (tertiary/aromatic N) is 2. The minimum absolute atomic E-state index is 0.545. The molecule has 17 heavy (non-hydrogen) atoms. The van der Waals surface area contributed by atoms with Gasteiger partial charge in [0.25, 0.3) is 0 Å². The maximum absolute atomic E-state index is 5.91. The van der Waals surface area contributed by atoms with Gasteiger partial charge in [-0.1, -0.05) is 18.2 Å². The second kappa shape index (κ2) is 3.87. The zero-order valence-electron chi connectivity index (χ0n) is 9.17. The fourth-order valence-corrected chi connectivity index (χ4v) is 1.98. The predicted octanol–water partition coefficient (Wildman–Crippen LogP) is 2.88. The van der Waals surface area contributed by atoms with Crippen molar-refractivity contribution in [3.63, 3.8) is 0 Å². The monoisotopic (exact) mass is 221 g/mol. The van der Waals surface area contributed by atoms with Crippen LogP contribution in [0.25, 0.3) is 22.0 Å². The van der Waals surface area contributed by atoms with E-state index < -0.39 is 0 Å². The first-order chi connectivity index (χ1) is 8.36. The topological polar surface area (TPSA) is 51.8 Å². The maximum atomic E-state index is 5.91. The van der Waals surface area contributed by atoms with E-state index in [0.29, 0.717) is 5.82 Å². The first-order valence-corrected chi connectivity index (χ1v) is 5.41. The van der Waals surface area contributed by atoms with Crippen LogP contribution in [0, 0.1) is 0 Å². The number of fused-ring (bicyclic) bond motifs is 1. The van der Waals surface area contributed by atoms with Gasteiger partial charge in [0.2, 0.25) is 0 Å². The minimum atomic E-state index is 0.545. The molecule has 82 valence electrons. The van der Waals surface area contributed by atoms with Gasteiger partial charge in [0.05, 0.1) is 5.52 Å². The van der Waals surface area contributed by atoms with Crippen LogP contribution < -0.4 is 5.73 Å². The SMILES string of the molecule is Nc1ncccc1-c1cccc2ncccc12. The molecule has 1 aromatic carbocycles. The van der Waals surface area contributed by atoms with E-state index >= 15 is 0 Å². The fraction of sp³-hybridized carbons (Fsp3) is 0. The third-order valence-corrected chi connectivity index (χ3v) is 2.77. The van der Waals surface area contributed by atoms with Gasteiger partial charge in [0.1, 0.15) is 5.82 Å². The highest BCUT2D eigenvalue weighted by Crippen LogP contribution is 2.30. The lowest BCUT2D eigenvalue weighted by Crippen LogP contribution is -1.93. The van der Waals surface area contributed by atoms with Crippen molar-refractivity contribution in [1.82, 2.24) is 9.97 Å². The van der Waals surface area contributed by atoms with Gasteiger partial charge in [-0.15, -0.1) is 0 Å². The van der Waals surface area contributed by atoms with E-state index in [2.05, 4.69) is 9.97 Å². The molecule has 0 aliphatic heterocycles. The molecule has 3 heteroatoms. The molecule has 3 nitrogen and oxygen atoms in total. The van der Waals surface area contributed by atoms with Crippen molar-refractivity contribution < 1.29 is 0 Å². The molecule has 0 spiro atoms. The summed E-state index contributed by atoms with van der Waals surface area (Å²) in [7, 11) is 0. The highest BCUT2D eigenvalue weighted by atomic mass is 14.8. The summed E-state index contributed by atoms with van der Waals surface area (Å²) in [6.45, 7) is 0. The number of benzene rings is 1. The Bertz CT molecular complexity index is 672. The quantitative estimate of drug-likeness (QED) is 0.687. The molecule has 0 bridgehead atoms. The van der Waals surface area contributed by atoms with Gasteiger partial charge >= 0.3 is 0 Å². The van der Waals surface area contributed by atoms with E-state index in [1.54, 1.807) is 12.4 Å². The molecule has 3 rings (SSSR count). The van der Waals surface area contributed by atoms with Crippen molar-refractivity contribution in [2.24, 2.45) is 0 Å². The van der Waals surface area contributed by atoms with Crippen molar-refractivity contribution in [2.45, 2.75) is 0 Å². The van der Waals surface area contributed by atoms with Crippen LogP contribution in [0.4, 0.5) is 5.82 Å². The first kappa shape index (κ1) is 9.78. The van der Waals surface area contributed by atoms with Gasteiger partial charge in [-0.25, -0.2) is 4.98 Å². The maximum Gasteiger partial charge on any atom is 0.131 e. The summed E-state index contributed by atoms with van der Waals surface area (Å²) in [6.07, 6.45) is 3.49. The number of hydrogen-bond acceptors (Lipinski definition) is 3. The zero-order chi connectivity index (χ0) is 11.7. The average Bonchev–Trinajstić information content (AvgIpc) is 2.39. The molecule has 0 aliphatic carbocycles. The summed E-state index contributed by atoms with van der Waals surface area (Å²) in [6, 6.07) is 13.9. The number of rotatable bonds is 1. The van der Waals surface area contributed by atoms with Crippen molar-refractivity contribution in [3.8, 4) is 11.1 Å². The summed E-state index contributed by atoms with van der Waals surface area (Å²) in [4.78, 5) is 8.46. The van der Waals surface area contributed by atoms with Gasteiger partial charge < -0.3 is 5.73 Å². The molecule has 0 fully saturated rings. The van der Waals surface area contributed by atoms with Crippen LogP contribution in [-0.4, -0.2) is 9.97 Å². The Morgan fingerprint density at radius 1 is 0.765 bits per heavy atom. The van der Waals surface area contributed by atoms with Crippen molar-refractivity contribution >= 4 is 16.7 Å². The molecule has 0 radical (unpaired) electrons. The number of nitrogens with two attached hydrogens (primary N) is 1. The van der Waals surface area contributed by atoms with Gasteiger partial charge in [-0.3, -0.25) is 4.98 Å². The zero-order valence-corrected chi connectivity index (χ0v) is 9.17. The third-order valence-electron chi connectivity index (χ3n) is 2.77.